The maximum Gasteiger partial charge on any atom is 0.327 e. The molecule has 1 aromatic carbocycles. The number of hydrogen-bond donors (Lipinski definition) is 2. The third kappa shape index (κ3) is 7.12. The van der Waals surface area contributed by atoms with Gasteiger partial charge in [0.05, 0.1) is 5.92 Å². The fourth-order valence-electron chi connectivity index (χ4n) is 5.60. The Bertz CT molecular complexity index is 1040. The number of nitrogens with zero attached hydrogens (tertiary/aromatic N) is 2. The molecule has 1 saturated carbocycles. The summed E-state index contributed by atoms with van der Waals surface area (Å²) in [4.78, 5) is 54.6. The van der Waals surface area contributed by atoms with Crippen molar-refractivity contribution >= 4 is 35.4 Å². The largest absolute Gasteiger partial charge is 0.354 e. The van der Waals surface area contributed by atoms with Crippen molar-refractivity contribution in [2.45, 2.75) is 76.8 Å². The summed E-state index contributed by atoms with van der Waals surface area (Å²) in [5.41, 5.74) is 2.18. The number of nitrogens with one attached hydrogen (secondary N) is 2. The van der Waals surface area contributed by atoms with Gasteiger partial charge in [0.15, 0.2) is 0 Å². The molecule has 2 atom stereocenters. The molecule has 4 rings (SSSR count). The summed E-state index contributed by atoms with van der Waals surface area (Å²) in [6.07, 6.45) is 11.0. The van der Waals surface area contributed by atoms with Crippen LogP contribution < -0.4 is 10.6 Å². The number of carbonyl (C=O) groups excluding carboxylic acids is 4. The number of amides is 5. The highest BCUT2D eigenvalue weighted by molar-refractivity contribution is 6.31. The Balaban J connectivity index is 1.32. The van der Waals surface area contributed by atoms with E-state index in [-0.39, 0.29) is 55.7 Å². The summed E-state index contributed by atoms with van der Waals surface area (Å²) in [7, 11) is 0. The Hall–Kier alpha value is -2.87. The minimum atomic E-state index is -0.475. The van der Waals surface area contributed by atoms with Crippen molar-refractivity contribution in [2.24, 2.45) is 5.92 Å². The lowest BCUT2D eigenvalue weighted by Gasteiger charge is -2.46. The summed E-state index contributed by atoms with van der Waals surface area (Å²) in [6.45, 7) is 0.742. The van der Waals surface area contributed by atoms with Gasteiger partial charge in [-0.25, -0.2) is 4.79 Å². The van der Waals surface area contributed by atoms with E-state index in [9.17, 15) is 19.2 Å². The monoisotopic (exact) mass is 528 g/mol. The fraction of sp³-hybridized carbons (Fsp3) is 0.571. The molecule has 0 spiro atoms. The van der Waals surface area contributed by atoms with Gasteiger partial charge in [-0.2, -0.15) is 0 Å². The van der Waals surface area contributed by atoms with Crippen LogP contribution >= 0.6 is 11.6 Å². The van der Waals surface area contributed by atoms with Crippen molar-refractivity contribution in [1.82, 2.24) is 20.4 Å². The van der Waals surface area contributed by atoms with Crippen LogP contribution in [0, 0.1) is 5.92 Å². The molecular weight excluding hydrogens is 492 g/mol. The van der Waals surface area contributed by atoms with Crippen LogP contribution in [-0.2, 0) is 20.9 Å². The quantitative estimate of drug-likeness (QED) is 0.445. The van der Waals surface area contributed by atoms with Crippen LogP contribution in [0.25, 0.3) is 0 Å². The number of halogens is 1. The molecule has 2 N–H and O–H groups in total. The van der Waals surface area contributed by atoms with Crippen LogP contribution in [0.15, 0.2) is 35.9 Å². The third-order valence-corrected chi connectivity index (χ3v) is 8.02. The van der Waals surface area contributed by atoms with Crippen molar-refractivity contribution < 1.29 is 19.2 Å². The maximum absolute atomic E-state index is 13.4. The first-order valence-corrected chi connectivity index (χ1v) is 13.9. The molecule has 1 aliphatic heterocycles. The Kier molecular flexibility index (Phi) is 9.61. The van der Waals surface area contributed by atoms with Crippen molar-refractivity contribution in [2.75, 3.05) is 19.6 Å². The molecule has 2 fully saturated rings. The van der Waals surface area contributed by atoms with Gasteiger partial charge in [-0.3, -0.25) is 19.3 Å². The lowest BCUT2D eigenvalue weighted by molar-refractivity contribution is -0.142. The molecule has 0 bridgehead atoms. The number of hydrogen-bond acceptors (Lipinski definition) is 4. The van der Waals surface area contributed by atoms with Gasteiger partial charge in [-0.15, -0.1) is 0 Å². The predicted octanol–water partition coefficient (Wildman–Crippen LogP) is 4.18. The van der Waals surface area contributed by atoms with Crippen LogP contribution in [-0.4, -0.2) is 59.2 Å². The second-order valence-corrected chi connectivity index (χ2v) is 10.6. The van der Waals surface area contributed by atoms with E-state index in [1.54, 1.807) is 11.0 Å². The van der Waals surface area contributed by atoms with E-state index in [1.165, 1.54) is 23.3 Å². The zero-order chi connectivity index (χ0) is 26.2. The van der Waals surface area contributed by atoms with Crippen LogP contribution in [0.1, 0.15) is 69.8 Å². The number of carbonyl (C=O) groups is 4. The first-order valence-electron chi connectivity index (χ1n) is 13.5. The average Bonchev–Trinajstić information content (AvgIpc) is 2.91. The maximum atomic E-state index is 13.4. The molecule has 8 nitrogen and oxygen atoms in total. The van der Waals surface area contributed by atoms with E-state index >= 15 is 0 Å². The number of benzene rings is 1. The highest BCUT2D eigenvalue weighted by atomic mass is 35.5. The van der Waals surface area contributed by atoms with Crippen LogP contribution in [0.3, 0.4) is 0 Å². The second-order valence-electron chi connectivity index (χ2n) is 10.2. The Labute approximate surface area is 223 Å². The zero-order valence-electron chi connectivity index (χ0n) is 21.3. The Morgan fingerprint density at radius 2 is 1.81 bits per heavy atom. The van der Waals surface area contributed by atoms with Gasteiger partial charge in [0.25, 0.3) is 0 Å². The van der Waals surface area contributed by atoms with E-state index in [0.717, 1.165) is 37.7 Å². The molecule has 1 heterocycles. The zero-order valence-corrected chi connectivity index (χ0v) is 22.1. The summed E-state index contributed by atoms with van der Waals surface area (Å²) < 4.78 is 0. The van der Waals surface area contributed by atoms with E-state index in [0.29, 0.717) is 24.4 Å². The molecule has 2 unspecified atom stereocenters. The van der Waals surface area contributed by atoms with Gasteiger partial charge in [-0.05, 0) is 56.6 Å². The molecule has 1 aromatic rings. The van der Waals surface area contributed by atoms with Gasteiger partial charge in [0, 0.05) is 37.1 Å². The Morgan fingerprint density at radius 1 is 1.00 bits per heavy atom. The molecule has 2 aliphatic carbocycles. The van der Waals surface area contributed by atoms with Gasteiger partial charge in [0.2, 0.25) is 17.7 Å². The molecule has 3 aliphatic rings. The third-order valence-electron chi connectivity index (χ3n) is 7.65. The summed E-state index contributed by atoms with van der Waals surface area (Å²) in [5, 5.41) is 6.33. The standard InChI is InChI=1S/C28H37ClN4O4/c29-23-12-6-4-10-21(23)18-31-25(34)15-17-32-27(36)22-11-5-7-13-24(22)33(28(32)37)19-26(35)30-16-14-20-8-2-1-3-9-20/h4,6,8,10,12,22,24H,1-3,5,7,9,11,13-19H2,(H,30,35)(H,31,34). The number of fused-ring (bicyclic) bond motifs is 1. The molecule has 0 aromatic heterocycles. The highest BCUT2D eigenvalue weighted by Gasteiger charge is 2.47. The van der Waals surface area contributed by atoms with Gasteiger partial charge in [-0.1, -0.05) is 54.3 Å². The van der Waals surface area contributed by atoms with Crippen LogP contribution in [0.5, 0.6) is 0 Å². The number of rotatable bonds is 10. The molecule has 0 radical (unpaired) electrons. The normalized spacial score (nSPS) is 21.8. The average molecular weight is 529 g/mol. The van der Waals surface area contributed by atoms with Crippen molar-refractivity contribution in [3.8, 4) is 0 Å². The van der Waals surface area contributed by atoms with Crippen molar-refractivity contribution in [3.63, 3.8) is 0 Å². The van der Waals surface area contributed by atoms with E-state index in [1.807, 2.05) is 18.2 Å². The minimum absolute atomic E-state index is 0.00549. The van der Waals surface area contributed by atoms with Crippen LogP contribution in [0.4, 0.5) is 4.79 Å². The first-order chi connectivity index (χ1) is 17.9. The summed E-state index contributed by atoms with van der Waals surface area (Å²) in [5.74, 6) is -1.03. The van der Waals surface area contributed by atoms with Gasteiger partial charge in [0.1, 0.15) is 6.54 Å². The summed E-state index contributed by atoms with van der Waals surface area (Å²) in [6, 6.07) is 6.52. The van der Waals surface area contributed by atoms with Crippen LogP contribution in [0.2, 0.25) is 5.02 Å². The number of imide groups is 1. The summed E-state index contributed by atoms with van der Waals surface area (Å²) >= 11 is 6.15. The van der Waals surface area contributed by atoms with E-state index in [2.05, 4.69) is 16.7 Å². The van der Waals surface area contributed by atoms with Crippen molar-refractivity contribution in [1.29, 1.82) is 0 Å². The SMILES string of the molecule is O=C(CCN1C(=O)C2CCCCC2N(CC(=O)NCCC2=CCCCC2)C1=O)NCc1ccccc1Cl. The predicted molar refractivity (Wildman–Crippen MR) is 142 cm³/mol. The Morgan fingerprint density at radius 3 is 2.59 bits per heavy atom. The minimum Gasteiger partial charge on any atom is -0.354 e. The highest BCUT2D eigenvalue weighted by Crippen LogP contribution is 2.34. The molecule has 37 heavy (non-hydrogen) atoms. The smallest absolute Gasteiger partial charge is 0.327 e. The molecule has 1 saturated heterocycles. The lowest BCUT2D eigenvalue weighted by atomic mass is 9.81. The molecule has 5 amide bonds. The van der Waals surface area contributed by atoms with E-state index in [4.69, 9.17) is 11.6 Å². The first kappa shape index (κ1) is 27.2. The molecular formula is C28H37ClN4O4. The second kappa shape index (κ2) is 13.1. The van der Waals surface area contributed by atoms with E-state index < -0.39 is 6.03 Å². The molecule has 9 heteroatoms. The topological polar surface area (TPSA) is 98.8 Å². The fourth-order valence-corrected chi connectivity index (χ4v) is 5.80. The van der Waals surface area contributed by atoms with Gasteiger partial charge >= 0.3 is 6.03 Å². The number of allylic oxidation sites excluding steroid dienone is 1. The number of urea groups is 1. The lowest BCUT2D eigenvalue weighted by Crippen LogP contribution is -2.64. The van der Waals surface area contributed by atoms with Crippen molar-refractivity contribution in [3.05, 3.63) is 46.5 Å². The van der Waals surface area contributed by atoms with Gasteiger partial charge < -0.3 is 15.5 Å². The molecule has 200 valence electrons.